The van der Waals surface area contributed by atoms with Gasteiger partial charge in [0.1, 0.15) is 0 Å². The molecule has 1 atom stereocenters. The Morgan fingerprint density at radius 2 is 2.17 bits per heavy atom. The topological polar surface area (TPSA) is 51.5 Å². The molecule has 0 aliphatic carbocycles. The van der Waals surface area contributed by atoms with Gasteiger partial charge < -0.3 is 14.4 Å². The smallest absolute Gasteiger partial charge is 0.311 e. The maximum atomic E-state index is 11.4. The number of hydrogen-bond acceptors (Lipinski definition) is 2. The highest BCUT2D eigenvalue weighted by atomic mass is 16.5. The van der Waals surface area contributed by atoms with Crippen molar-refractivity contribution < 1.29 is 14.6 Å². The average Bonchev–Trinajstić information content (AvgIpc) is 2.68. The van der Waals surface area contributed by atoms with Crippen molar-refractivity contribution >= 4 is 16.9 Å². The van der Waals surface area contributed by atoms with Crippen molar-refractivity contribution in [1.82, 2.24) is 4.57 Å². The third kappa shape index (κ3) is 2.24. The fraction of sp³-hybridized carbons (Fsp3) is 0.357. The van der Waals surface area contributed by atoms with E-state index in [9.17, 15) is 9.90 Å². The molecule has 1 N–H and O–H groups in total. The molecule has 96 valence electrons. The molecule has 2 aromatic rings. The van der Waals surface area contributed by atoms with Crippen LogP contribution in [0, 0.1) is 0 Å². The minimum absolute atomic E-state index is 0.445. The van der Waals surface area contributed by atoms with E-state index >= 15 is 0 Å². The number of fused-ring (bicyclic) bond motifs is 1. The van der Waals surface area contributed by atoms with Gasteiger partial charge in [0.25, 0.3) is 0 Å². The van der Waals surface area contributed by atoms with Crippen LogP contribution in [0.2, 0.25) is 0 Å². The molecule has 2 rings (SSSR count). The van der Waals surface area contributed by atoms with E-state index in [4.69, 9.17) is 4.74 Å². The normalized spacial score (nSPS) is 12.8. The van der Waals surface area contributed by atoms with Gasteiger partial charge in [-0.3, -0.25) is 4.79 Å². The Balaban J connectivity index is 2.47. The highest BCUT2D eigenvalue weighted by molar-refractivity contribution is 5.89. The summed E-state index contributed by atoms with van der Waals surface area (Å²) >= 11 is 0. The molecule has 1 unspecified atom stereocenters. The molecule has 4 heteroatoms. The Bertz CT molecular complexity index is 559. The molecule has 1 aromatic heterocycles. The number of nitrogens with zero attached hydrogens (tertiary/aromatic N) is 1. The largest absolute Gasteiger partial charge is 0.481 e. The van der Waals surface area contributed by atoms with Crippen molar-refractivity contribution in [2.24, 2.45) is 7.05 Å². The average molecular weight is 247 g/mol. The number of benzene rings is 1. The summed E-state index contributed by atoms with van der Waals surface area (Å²) in [5.74, 6) is -1.32. The van der Waals surface area contributed by atoms with E-state index in [-0.39, 0.29) is 0 Å². The van der Waals surface area contributed by atoms with Crippen molar-refractivity contribution in [3.63, 3.8) is 0 Å². The molecule has 4 nitrogen and oxygen atoms in total. The van der Waals surface area contributed by atoms with Crippen LogP contribution in [0.4, 0.5) is 0 Å². The van der Waals surface area contributed by atoms with Gasteiger partial charge in [0, 0.05) is 37.9 Å². The molecule has 0 aliphatic heterocycles. The van der Waals surface area contributed by atoms with Gasteiger partial charge in [-0.25, -0.2) is 0 Å². The van der Waals surface area contributed by atoms with Crippen LogP contribution >= 0.6 is 0 Å². The number of carbonyl (C=O) groups is 1. The first kappa shape index (κ1) is 12.6. The summed E-state index contributed by atoms with van der Waals surface area (Å²) in [7, 11) is 3.52. The van der Waals surface area contributed by atoms with E-state index < -0.39 is 11.9 Å². The van der Waals surface area contributed by atoms with Crippen LogP contribution in [0.3, 0.4) is 0 Å². The van der Waals surface area contributed by atoms with Gasteiger partial charge >= 0.3 is 5.97 Å². The molecule has 0 saturated carbocycles. The van der Waals surface area contributed by atoms with Crippen LogP contribution < -0.4 is 0 Å². The van der Waals surface area contributed by atoms with Crippen LogP contribution in [-0.2, 0) is 16.6 Å². The maximum Gasteiger partial charge on any atom is 0.311 e. The highest BCUT2D eigenvalue weighted by Crippen LogP contribution is 2.29. The molecule has 0 amide bonds. The molecule has 18 heavy (non-hydrogen) atoms. The van der Waals surface area contributed by atoms with Gasteiger partial charge in [-0.2, -0.15) is 0 Å². The minimum atomic E-state index is -0.802. The van der Waals surface area contributed by atoms with Crippen molar-refractivity contribution in [3.8, 4) is 0 Å². The van der Waals surface area contributed by atoms with Crippen molar-refractivity contribution in [1.29, 1.82) is 0 Å². The Hall–Kier alpha value is -1.81. The highest BCUT2D eigenvalue weighted by Gasteiger charge is 2.23. The Morgan fingerprint density at radius 1 is 1.44 bits per heavy atom. The summed E-state index contributed by atoms with van der Waals surface area (Å²) in [4.78, 5) is 11.4. The zero-order chi connectivity index (χ0) is 13.1. The third-order valence-electron chi connectivity index (χ3n) is 3.21. The fourth-order valence-corrected chi connectivity index (χ4v) is 2.30. The summed E-state index contributed by atoms with van der Waals surface area (Å²) in [5.41, 5.74) is 1.91. The van der Waals surface area contributed by atoms with Crippen LogP contribution in [0.1, 0.15) is 17.9 Å². The van der Waals surface area contributed by atoms with Gasteiger partial charge in [-0.1, -0.05) is 18.2 Å². The first-order chi connectivity index (χ1) is 8.65. The minimum Gasteiger partial charge on any atom is -0.481 e. The predicted octanol–water partition coefficient (Wildman–Crippen LogP) is 2.38. The number of carboxylic acid groups (broad SMARTS) is 1. The quantitative estimate of drug-likeness (QED) is 0.882. The molecule has 0 bridgehead atoms. The lowest BCUT2D eigenvalue weighted by molar-refractivity contribution is -0.139. The summed E-state index contributed by atoms with van der Waals surface area (Å²) in [6.07, 6.45) is 2.39. The summed E-state index contributed by atoms with van der Waals surface area (Å²) in [5, 5.41) is 10.4. The molecule has 0 saturated heterocycles. The Labute approximate surface area is 106 Å². The summed E-state index contributed by atoms with van der Waals surface area (Å²) in [6, 6.07) is 7.85. The van der Waals surface area contributed by atoms with E-state index in [0.717, 1.165) is 16.5 Å². The van der Waals surface area contributed by atoms with Gasteiger partial charge in [0.2, 0.25) is 0 Å². The van der Waals surface area contributed by atoms with Crippen molar-refractivity contribution in [2.45, 2.75) is 12.3 Å². The first-order valence-corrected chi connectivity index (χ1v) is 5.91. The monoisotopic (exact) mass is 247 g/mol. The second-order valence-corrected chi connectivity index (χ2v) is 4.38. The van der Waals surface area contributed by atoms with Crippen molar-refractivity contribution in [3.05, 3.63) is 36.0 Å². The van der Waals surface area contributed by atoms with Crippen LogP contribution in [-0.4, -0.2) is 29.4 Å². The maximum absolute atomic E-state index is 11.4. The first-order valence-electron chi connectivity index (χ1n) is 5.91. The van der Waals surface area contributed by atoms with E-state index in [1.165, 1.54) is 0 Å². The number of aromatic nitrogens is 1. The van der Waals surface area contributed by atoms with E-state index in [1.807, 2.05) is 42.1 Å². The number of carboxylic acids is 1. The number of para-hydroxylation sites is 1. The van der Waals surface area contributed by atoms with Gasteiger partial charge in [0.05, 0.1) is 5.92 Å². The predicted molar refractivity (Wildman–Crippen MR) is 69.8 cm³/mol. The number of aryl methyl sites for hydroxylation is 1. The number of aliphatic carboxylic acids is 1. The van der Waals surface area contributed by atoms with Crippen LogP contribution in [0.15, 0.2) is 30.5 Å². The molecule has 0 aliphatic rings. The summed E-state index contributed by atoms with van der Waals surface area (Å²) < 4.78 is 6.96. The fourth-order valence-electron chi connectivity index (χ4n) is 2.30. The lowest BCUT2D eigenvalue weighted by atomic mass is 9.96. The van der Waals surface area contributed by atoms with Crippen molar-refractivity contribution in [2.75, 3.05) is 13.7 Å². The lowest BCUT2D eigenvalue weighted by Gasteiger charge is -2.10. The van der Waals surface area contributed by atoms with Gasteiger partial charge in [0.15, 0.2) is 0 Å². The summed E-state index contributed by atoms with van der Waals surface area (Å²) in [6.45, 7) is 0.445. The number of ether oxygens (including phenoxy) is 1. The van der Waals surface area contributed by atoms with E-state index in [1.54, 1.807) is 7.11 Å². The van der Waals surface area contributed by atoms with Crippen LogP contribution in [0.25, 0.3) is 10.9 Å². The zero-order valence-electron chi connectivity index (χ0n) is 10.6. The standard InChI is InChI=1S/C14H17NO3/c1-15-9-12(10-5-3-4-6-13(10)15)11(14(16)17)7-8-18-2/h3-6,9,11H,7-8H2,1-2H3,(H,16,17). The molecule has 0 fully saturated rings. The number of rotatable bonds is 5. The van der Waals surface area contributed by atoms with E-state index in [2.05, 4.69) is 0 Å². The number of hydrogen-bond donors (Lipinski definition) is 1. The molecule has 1 aromatic carbocycles. The molecule has 1 heterocycles. The second kappa shape index (κ2) is 5.23. The lowest BCUT2D eigenvalue weighted by Crippen LogP contribution is -2.13. The molecule has 0 spiro atoms. The second-order valence-electron chi connectivity index (χ2n) is 4.38. The Kier molecular flexibility index (Phi) is 3.67. The van der Waals surface area contributed by atoms with E-state index in [0.29, 0.717) is 13.0 Å². The zero-order valence-corrected chi connectivity index (χ0v) is 10.6. The molecular formula is C14H17NO3. The molecular weight excluding hydrogens is 230 g/mol. The molecule has 0 radical (unpaired) electrons. The Morgan fingerprint density at radius 3 is 2.83 bits per heavy atom. The number of methoxy groups -OCH3 is 1. The van der Waals surface area contributed by atoms with Gasteiger partial charge in [-0.05, 0) is 18.1 Å². The third-order valence-corrected chi connectivity index (χ3v) is 3.21. The van der Waals surface area contributed by atoms with Crippen LogP contribution in [0.5, 0.6) is 0 Å². The SMILES string of the molecule is COCCC(C(=O)O)c1cn(C)c2ccccc12. The van der Waals surface area contributed by atoms with Gasteiger partial charge in [-0.15, -0.1) is 0 Å².